The van der Waals surface area contributed by atoms with Crippen molar-refractivity contribution in [1.29, 1.82) is 0 Å². The SMILES string of the molecule is Cn1c(=O)[nH]c2ccc(C(=O)N3CC[C@](F)(C(=O)O)C3)cc21. The Balaban J connectivity index is 1.92. The Kier molecular flexibility index (Phi) is 3.05. The number of rotatable bonds is 2. The minimum Gasteiger partial charge on any atom is -0.479 e. The number of carbonyl (C=O) groups excluding carboxylic acids is 1. The molecule has 22 heavy (non-hydrogen) atoms. The Labute approximate surface area is 124 Å². The molecule has 0 unspecified atom stereocenters. The highest BCUT2D eigenvalue weighted by Gasteiger charge is 2.47. The third-order valence-corrected chi connectivity index (χ3v) is 4.04. The van der Waals surface area contributed by atoms with Gasteiger partial charge < -0.3 is 15.0 Å². The minimum absolute atomic E-state index is 0.0474. The third kappa shape index (κ3) is 2.07. The number of aromatic amines is 1. The third-order valence-electron chi connectivity index (χ3n) is 4.04. The molecule has 2 aromatic rings. The van der Waals surface area contributed by atoms with Crippen molar-refractivity contribution >= 4 is 22.9 Å². The van der Waals surface area contributed by atoms with Crippen LogP contribution in [0.15, 0.2) is 23.0 Å². The van der Waals surface area contributed by atoms with Gasteiger partial charge in [-0.3, -0.25) is 9.36 Å². The lowest BCUT2D eigenvalue weighted by Crippen LogP contribution is -2.38. The monoisotopic (exact) mass is 307 g/mol. The average Bonchev–Trinajstić information content (AvgIpc) is 3.01. The van der Waals surface area contributed by atoms with Gasteiger partial charge in [0.1, 0.15) is 0 Å². The zero-order chi connectivity index (χ0) is 16.1. The highest BCUT2D eigenvalue weighted by molar-refractivity contribution is 5.98. The number of carboxylic acids is 1. The van der Waals surface area contributed by atoms with Crippen molar-refractivity contribution in [2.45, 2.75) is 12.1 Å². The number of fused-ring (bicyclic) bond motifs is 1. The van der Waals surface area contributed by atoms with E-state index in [0.717, 1.165) is 0 Å². The van der Waals surface area contributed by atoms with Gasteiger partial charge in [0.2, 0.25) is 5.67 Å². The number of halogens is 1. The molecule has 2 heterocycles. The second-order valence-electron chi connectivity index (χ2n) is 5.47. The molecular weight excluding hydrogens is 293 g/mol. The van der Waals surface area contributed by atoms with E-state index in [0.29, 0.717) is 11.0 Å². The maximum Gasteiger partial charge on any atom is 0.343 e. The van der Waals surface area contributed by atoms with Gasteiger partial charge in [-0.05, 0) is 18.2 Å². The van der Waals surface area contributed by atoms with Gasteiger partial charge in [0, 0.05) is 25.6 Å². The molecule has 1 fully saturated rings. The van der Waals surface area contributed by atoms with Crippen molar-refractivity contribution in [1.82, 2.24) is 14.5 Å². The molecule has 1 aliphatic rings. The molecule has 2 N–H and O–H groups in total. The van der Waals surface area contributed by atoms with E-state index in [1.165, 1.54) is 21.6 Å². The summed E-state index contributed by atoms with van der Waals surface area (Å²) in [6, 6.07) is 4.66. The van der Waals surface area contributed by atoms with E-state index < -0.39 is 24.1 Å². The maximum absolute atomic E-state index is 14.0. The maximum atomic E-state index is 14.0. The van der Waals surface area contributed by atoms with Crippen LogP contribution in [0.5, 0.6) is 0 Å². The molecule has 1 aliphatic heterocycles. The van der Waals surface area contributed by atoms with Crippen LogP contribution in [0.1, 0.15) is 16.8 Å². The summed E-state index contributed by atoms with van der Waals surface area (Å²) in [6.07, 6.45) is -0.223. The molecule has 0 aliphatic carbocycles. The Bertz CT molecular complexity index is 840. The van der Waals surface area contributed by atoms with Crippen molar-refractivity contribution < 1.29 is 19.1 Å². The standard InChI is InChI=1S/C14H14FN3O4/c1-17-10-6-8(2-3-9(10)16-13(17)22)11(19)18-5-4-14(15,7-18)12(20)21/h2-3,6H,4-5,7H2,1H3,(H,16,22)(H,20,21)/t14-/m1/s1. The Morgan fingerprint density at radius 1 is 1.41 bits per heavy atom. The van der Waals surface area contributed by atoms with Gasteiger partial charge in [0.25, 0.3) is 5.91 Å². The first-order chi connectivity index (χ1) is 10.3. The van der Waals surface area contributed by atoms with Gasteiger partial charge in [-0.2, -0.15) is 0 Å². The van der Waals surface area contributed by atoms with E-state index in [1.54, 1.807) is 13.1 Å². The summed E-state index contributed by atoms with van der Waals surface area (Å²) in [4.78, 5) is 38.6. The number of likely N-dealkylation sites (tertiary alicyclic amines) is 1. The molecule has 0 saturated carbocycles. The number of carboxylic acid groups (broad SMARTS) is 1. The number of nitrogens with zero attached hydrogens (tertiary/aromatic N) is 2. The predicted molar refractivity (Wildman–Crippen MR) is 75.5 cm³/mol. The number of carbonyl (C=O) groups is 2. The average molecular weight is 307 g/mol. The molecular formula is C14H14FN3O4. The van der Waals surface area contributed by atoms with E-state index in [4.69, 9.17) is 5.11 Å². The number of H-pyrrole nitrogens is 1. The molecule has 116 valence electrons. The van der Waals surface area contributed by atoms with Crippen molar-refractivity contribution in [3.8, 4) is 0 Å². The van der Waals surface area contributed by atoms with Crippen molar-refractivity contribution in [2.75, 3.05) is 13.1 Å². The normalized spacial score (nSPS) is 21.5. The number of hydrogen-bond acceptors (Lipinski definition) is 3. The quantitative estimate of drug-likeness (QED) is 0.845. The highest BCUT2D eigenvalue weighted by atomic mass is 19.1. The lowest BCUT2D eigenvalue weighted by molar-refractivity contribution is -0.149. The summed E-state index contributed by atoms with van der Waals surface area (Å²) < 4.78 is 15.4. The fourth-order valence-corrected chi connectivity index (χ4v) is 2.66. The highest BCUT2D eigenvalue weighted by Crippen LogP contribution is 2.27. The molecule has 8 heteroatoms. The second kappa shape index (κ2) is 4.69. The van der Waals surface area contributed by atoms with Gasteiger partial charge in [0.05, 0.1) is 17.6 Å². The number of amides is 1. The van der Waals surface area contributed by atoms with Crippen LogP contribution in [-0.2, 0) is 11.8 Å². The number of hydrogen-bond donors (Lipinski definition) is 2. The fraction of sp³-hybridized carbons (Fsp3) is 0.357. The molecule has 1 aromatic heterocycles. The summed E-state index contributed by atoms with van der Waals surface area (Å²) >= 11 is 0. The van der Waals surface area contributed by atoms with E-state index in [-0.39, 0.29) is 24.2 Å². The van der Waals surface area contributed by atoms with Gasteiger partial charge in [-0.15, -0.1) is 0 Å². The lowest BCUT2D eigenvalue weighted by Gasteiger charge is -2.17. The van der Waals surface area contributed by atoms with Crippen molar-refractivity contribution in [3.05, 3.63) is 34.2 Å². The number of imidazole rings is 1. The molecule has 1 aromatic carbocycles. The summed E-state index contributed by atoms with van der Waals surface area (Å²) in [5.74, 6) is -2.00. The van der Waals surface area contributed by atoms with Crippen LogP contribution in [0.3, 0.4) is 0 Å². The van der Waals surface area contributed by atoms with Crippen LogP contribution in [-0.4, -0.2) is 50.2 Å². The Morgan fingerprint density at radius 2 is 2.14 bits per heavy atom. The van der Waals surface area contributed by atoms with E-state index in [9.17, 15) is 18.8 Å². The predicted octanol–water partition coefficient (Wildman–Crippen LogP) is 0.505. The summed E-state index contributed by atoms with van der Waals surface area (Å²) in [6.45, 7) is -0.420. The number of nitrogens with one attached hydrogen (secondary N) is 1. The first-order valence-electron chi connectivity index (χ1n) is 6.72. The molecule has 7 nitrogen and oxygen atoms in total. The first kappa shape index (κ1) is 14.3. The number of alkyl halides is 1. The van der Waals surface area contributed by atoms with Crippen LogP contribution >= 0.6 is 0 Å². The van der Waals surface area contributed by atoms with E-state index >= 15 is 0 Å². The second-order valence-corrected chi connectivity index (χ2v) is 5.47. The smallest absolute Gasteiger partial charge is 0.343 e. The molecule has 3 rings (SSSR count). The molecule has 0 radical (unpaired) electrons. The van der Waals surface area contributed by atoms with Crippen LogP contribution in [0.2, 0.25) is 0 Å². The van der Waals surface area contributed by atoms with Gasteiger partial charge in [0.15, 0.2) is 0 Å². The topological polar surface area (TPSA) is 95.4 Å². The number of aromatic nitrogens is 2. The molecule has 1 atom stereocenters. The Hall–Kier alpha value is -2.64. The van der Waals surface area contributed by atoms with Crippen molar-refractivity contribution in [3.63, 3.8) is 0 Å². The van der Waals surface area contributed by atoms with Gasteiger partial charge >= 0.3 is 11.7 Å². The molecule has 1 saturated heterocycles. The van der Waals surface area contributed by atoms with Crippen LogP contribution in [0, 0.1) is 0 Å². The molecule has 0 spiro atoms. The first-order valence-corrected chi connectivity index (χ1v) is 6.72. The number of aliphatic carboxylic acids is 1. The van der Waals surface area contributed by atoms with Gasteiger partial charge in [-0.25, -0.2) is 14.0 Å². The molecule has 1 amide bonds. The Morgan fingerprint density at radius 3 is 2.77 bits per heavy atom. The van der Waals surface area contributed by atoms with Crippen molar-refractivity contribution in [2.24, 2.45) is 7.05 Å². The summed E-state index contributed by atoms with van der Waals surface area (Å²) in [5.41, 5.74) is -1.25. The molecule has 0 bridgehead atoms. The summed E-state index contributed by atoms with van der Waals surface area (Å²) in [7, 11) is 1.57. The summed E-state index contributed by atoms with van der Waals surface area (Å²) in [5, 5.41) is 8.87. The zero-order valence-corrected chi connectivity index (χ0v) is 11.8. The fourth-order valence-electron chi connectivity index (χ4n) is 2.66. The van der Waals surface area contributed by atoms with E-state index in [2.05, 4.69) is 4.98 Å². The zero-order valence-electron chi connectivity index (χ0n) is 11.8. The lowest BCUT2D eigenvalue weighted by atomic mass is 10.1. The van der Waals surface area contributed by atoms with Gasteiger partial charge in [-0.1, -0.05) is 0 Å². The minimum atomic E-state index is -2.39. The number of aryl methyl sites for hydroxylation is 1. The largest absolute Gasteiger partial charge is 0.479 e. The van der Waals surface area contributed by atoms with Crippen LogP contribution in [0.4, 0.5) is 4.39 Å². The number of benzene rings is 1. The van der Waals surface area contributed by atoms with E-state index in [1.807, 2.05) is 0 Å². The van der Waals surface area contributed by atoms with Crippen LogP contribution < -0.4 is 5.69 Å². The van der Waals surface area contributed by atoms with Crippen LogP contribution in [0.25, 0.3) is 11.0 Å².